The van der Waals surface area contributed by atoms with Gasteiger partial charge in [0.2, 0.25) is 0 Å². The molecule has 9 nitrogen and oxygen atoms in total. The highest BCUT2D eigenvalue weighted by atomic mass is 19.4. The summed E-state index contributed by atoms with van der Waals surface area (Å²) < 4.78 is 54.9. The van der Waals surface area contributed by atoms with Crippen LogP contribution in [-0.4, -0.2) is 55.4 Å². The Morgan fingerprint density at radius 1 is 1.20 bits per heavy atom. The van der Waals surface area contributed by atoms with Gasteiger partial charge in [0.1, 0.15) is 35.2 Å². The van der Waals surface area contributed by atoms with Crippen LogP contribution in [0.15, 0.2) is 30.7 Å². The van der Waals surface area contributed by atoms with Gasteiger partial charge in [0.15, 0.2) is 0 Å². The van der Waals surface area contributed by atoms with Gasteiger partial charge in [-0.15, -0.1) is 0 Å². The van der Waals surface area contributed by atoms with Crippen molar-refractivity contribution in [3.8, 4) is 11.3 Å². The monoisotopic (exact) mass is 494 g/mol. The molecule has 3 heterocycles. The Bertz CT molecular complexity index is 1240. The van der Waals surface area contributed by atoms with Crippen molar-refractivity contribution < 1.29 is 32.6 Å². The molecule has 4 rings (SSSR count). The van der Waals surface area contributed by atoms with Crippen LogP contribution in [0.2, 0.25) is 0 Å². The first kappa shape index (κ1) is 24.4. The minimum atomic E-state index is -4.84. The molecular formula is C22H22F4N6O3. The third-order valence-corrected chi connectivity index (χ3v) is 5.95. The van der Waals surface area contributed by atoms with Crippen molar-refractivity contribution in [2.45, 2.75) is 31.5 Å². The van der Waals surface area contributed by atoms with E-state index in [-0.39, 0.29) is 47.5 Å². The number of aliphatic hydroxyl groups is 1. The first-order chi connectivity index (χ1) is 16.6. The molecule has 1 aliphatic heterocycles. The molecule has 3 aromatic rings. The number of imidazole rings is 1. The average molecular weight is 494 g/mol. The Kier molecular flexibility index (Phi) is 6.61. The number of alkyl halides is 3. The van der Waals surface area contributed by atoms with Crippen molar-refractivity contribution in [2.75, 3.05) is 30.3 Å². The van der Waals surface area contributed by atoms with Gasteiger partial charge in [0, 0.05) is 37.3 Å². The standard InChI is InChI=1S/C22H22F4N6O3/c23-15-2-1-13(9-14(15)22(24,25)26)16-10-32(7-8-33)19(30-16)12-3-5-31(6-4-12)20-17(21(34)35)18(27)28-11-29-20/h1-2,9-12,33H,3-8H2,(H,34,35)(H2,27,28,29). The largest absolute Gasteiger partial charge is 0.477 e. The van der Waals surface area contributed by atoms with E-state index in [9.17, 15) is 32.6 Å². The Morgan fingerprint density at radius 2 is 1.91 bits per heavy atom. The van der Waals surface area contributed by atoms with Gasteiger partial charge in [-0.25, -0.2) is 24.1 Å². The first-order valence-corrected chi connectivity index (χ1v) is 10.7. The Morgan fingerprint density at radius 3 is 2.54 bits per heavy atom. The van der Waals surface area contributed by atoms with Crippen LogP contribution in [-0.2, 0) is 12.7 Å². The zero-order valence-electron chi connectivity index (χ0n) is 18.3. The fourth-order valence-corrected chi connectivity index (χ4v) is 4.27. The second-order valence-corrected chi connectivity index (χ2v) is 8.12. The van der Waals surface area contributed by atoms with Gasteiger partial charge < -0.3 is 25.4 Å². The molecule has 0 unspecified atom stereocenters. The minimum Gasteiger partial charge on any atom is -0.477 e. The van der Waals surface area contributed by atoms with Crippen molar-refractivity contribution in [3.05, 3.63) is 53.5 Å². The molecule has 0 amide bonds. The summed E-state index contributed by atoms with van der Waals surface area (Å²) in [6.07, 6.45) is -1.02. The van der Waals surface area contributed by atoms with Crippen LogP contribution in [0.25, 0.3) is 11.3 Å². The average Bonchev–Trinajstić information content (AvgIpc) is 3.22. The summed E-state index contributed by atoms with van der Waals surface area (Å²) in [5.74, 6) is -2.05. The second kappa shape index (κ2) is 9.49. The predicted octanol–water partition coefficient (Wildman–Crippen LogP) is 3.15. The number of rotatable bonds is 6. The number of nitrogens with two attached hydrogens (primary N) is 1. The van der Waals surface area contributed by atoms with E-state index < -0.39 is 23.5 Å². The molecule has 1 aliphatic rings. The number of hydrogen-bond acceptors (Lipinski definition) is 7. The van der Waals surface area contributed by atoms with Crippen LogP contribution in [0, 0.1) is 5.82 Å². The first-order valence-electron chi connectivity index (χ1n) is 10.7. The number of nitrogen functional groups attached to an aromatic ring is 1. The topological polar surface area (TPSA) is 130 Å². The lowest BCUT2D eigenvalue weighted by Crippen LogP contribution is -2.35. The molecule has 4 N–H and O–H groups in total. The highest BCUT2D eigenvalue weighted by molar-refractivity contribution is 5.98. The number of aromatic nitrogens is 4. The predicted molar refractivity (Wildman–Crippen MR) is 117 cm³/mol. The van der Waals surface area contributed by atoms with E-state index in [1.165, 1.54) is 12.4 Å². The number of anilines is 2. The maximum atomic E-state index is 13.7. The lowest BCUT2D eigenvalue weighted by molar-refractivity contribution is -0.139. The normalized spacial score (nSPS) is 14.9. The molecule has 0 saturated carbocycles. The molecule has 0 aliphatic carbocycles. The van der Waals surface area contributed by atoms with Crippen molar-refractivity contribution >= 4 is 17.6 Å². The summed E-state index contributed by atoms with van der Waals surface area (Å²) in [7, 11) is 0. The Balaban J connectivity index is 1.60. The summed E-state index contributed by atoms with van der Waals surface area (Å²) in [6.45, 7) is 0.831. The number of aromatic carboxylic acids is 1. The number of carbonyl (C=O) groups is 1. The van der Waals surface area contributed by atoms with Gasteiger partial charge in [-0.3, -0.25) is 0 Å². The number of aliphatic hydroxyl groups excluding tert-OH is 1. The van der Waals surface area contributed by atoms with Crippen LogP contribution in [0.5, 0.6) is 0 Å². The molecule has 13 heteroatoms. The van der Waals surface area contributed by atoms with E-state index in [1.807, 2.05) is 0 Å². The van der Waals surface area contributed by atoms with Crippen LogP contribution in [0.3, 0.4) is 0 Å². The Labute approximate surface area is 196 Å². The molecule has 35 heavy (non-hydrogen) atoms. The fraction of sp³-hybridized carbons (Fsp3) is 0.364. The number of carboxylic acid groups (broad SMARTS) is 1. The SMILES string of the molecule is Nc1ncnc(N2CCC(c3nc(-c4ccc(F)c(C(F)(F)F)c4)cn3CCO)CC2)c1C(=O)O. The zero-order chi connectivity index (χ0) is 25.3. The van der Waals surface area contributed by atoms with E-state index in [4.69, 9.17) is 5.73 Å². The fourth-order valence-electron chi connectivity index (χ4n) is 4.27. The van der Waals surface area contributed by atoms with Gasteiger partial charge in [0.05, 0.1) is 17.9 Å². The van der Waals surface area contributed by atoms with Crippen molar-refractivity contribution in [2.24, 2.45) is 0 Å². The van der Waals surface area contributed by atoms with Crippen molar-refractivity contribution in [1.82, 2.24) is 19.5 Å². The zero-order valence-corrected chi connectivity index (χ0v) is 18.3. The maximum absolute atomic E-state index is 13.7. The molecule has 0 spiro atoms. The number of benzene rings is 1. The molecule has 1 saturated heterocycles. The third-order valence-electron chi connectivity index (χ3n) is 5.95. The minimum absolute atomic E-state index is 0.108. The lowest BCUT2D eigenvalue weighted by atomic mass is 9.95. The molecular weight excluding hydrogens is 472 g/mol. The van der Waals surface area contributed by atoms with E-state index >= 15 is 0 Å². The number of hydrogen-bond donors (Lipinski definition) is 3. The molecule has 2 aromatic heterocycles. The number of nitrogens with zero attached hydrogens (tertiary/aromatic N) is 5. The molecule has 186 valence electrons. The lowest BCUT2D eigenvalue weighted by Gasteiger charge is -2.33. The second-order valence-electron chi connectivity index (χ2n) is 8.12. The highest BCUT2D eigenvalue weighted by Crippen LogP contribution is 2.36. The molecule has 0 atom stereocenters. The van der Waals surface area contributed by atoms with E-state index in [2.05, 4.69) is 15.0 Å². The summed E-state index contributed by atoms with van der Waals surface area (Å²) in [4.78, 5) is 25.8. The van der Waals surface area contributed by atoms with E-state index in [0.29, 0.717) is 31.8 Å². The Hall–Kier alpha value is -3.74. The van der Waals surface area contributed by atoms with Gasteiger partial charge in [0.25, 0.3) is 0 Å². The van der Waals surface area contributed by atoms with Crippen molar-refractivity contribution in [3.63, 3.8) is 0 Å². The summed E-state index contributed by atoms with van der Waals surface area (Å²) in [5, 5.41) is 19.0. The molecule has 0 radical (unpaired) electrons. The van der Waals surface area contributed by atoms with Gasteiger partial charge in [-0.05, 0) is 31.0 Å². The molecule has 1 fully saturated rings. The quantitative estimate of drug-likeness (QED) is 0.446. The van der Waals surface area contributed by atoms with Gasteiger partial charge in [-0.1, -0.05) is 0 Å². The molecule has 1 aromatic carbocycles. The van der Waals surface area contributed by atoms with Crippen LogP contribution in [0.4, 0.5) is 29.2 Å². The third kappa shape index (κ3) is 4.90. The van der Waals surface area contributed by atoms with E-state index in [0.717, 1.165) is 12.1 Å². The number of carboxylic acids is 1. The van der Waals surface area contributed by atoms with Gasteiger partial charge >= 0.3 is 12.1 Å². The molecule has 0 bridgehead atoms. The van der Waals surface area contributed by atoms with Crippen LogP contribution < -0.4 is 10.6 Å². The maximum Gasteiger partial charge on any atom is 0.419 e. The highest BCUT2D eigenvalue weighted by Gasteiger charge is 2.35. The number of halogens is 4. The number of piperidine rings is 1. The van der Waals surface area contributed by atoms with Crippen LogP contribution in [0.1, 0.15) is 40.5 Å². The summed E-state index contributed by atoms with van der Waals surface area (Å²) in [5.41, 5.74) is 4.51. The van der Waals surface area contributed by atoms with Crippen LogP contribution >= 0.6 is 0 Å². The smallest absolute Gasteiger partial charge is 0.419 e. The van der Waals surface area contributed by atoms with Gasteiger partial charge in [-0.2, -0.15) is 13.2 Å². The summed E-state index contributed by atoms with van der Waals surface area (Å²) >= 11 is 0. The van der Waals surface area contributed by atoms with E-state index in [1.54, 1.807) is 15.7 Å². The summed E-state index contributed by atoms with van der Waals surface area (Å²) in [6, 6.07) is 2.71. The van der Waals surface area contributed by atoms with Crippen molar-refractivity contribution in [1.29, 1.82) is 0 Å².